The van der Waals surface area contributed by atoms with Crippen molar-refractivity contribution in [3.05, 3.63) is 47.8 Å². The predicted molar refractivity (Wildman–Crippen MR) is 144 cm³/mol. The summed E-state index contributed by atoms with van der Waals surface area (Å²) in [5.41, 5.74) is 0.487. The van der Waals surface area contributed by atoms with Crippen molar-refractivity contribution in [3.63, 3.8) is 0 Å². The molecule has 2 aliphatic heterocycles. The van der Waals surface area contributed by atoms with Crippen molar-refractivity contribution in [1.82, 2.24) is 30.7 Å². The van der Waals surface area contributed by atoms with Crippen LogP contribution in [0, 0.1) is 0 Å². The van der Waals surface area contributed by atoms with Crippen molar-refractivity contribution >= 4 is 12.1 Å². The van der Waals surface area contributed by atoms with E-state index in [2.05, 4.69) is 37.7 Å². The Morgan fingerprint density at radius 2 is 1.97 bits per heavy atom. The molecule has 0 spiro atoms. The summed E-state index contributed by atoms with van der Waals surface area (Å²) in [4.78, 5) is 23.7. The second-order valence-electron chi connectivity index (χ2n) is 9.13. The van der Waals surface area contributed by atoms with Gasteiger partial charge in [0, 0.05) is 65.3 Å². The molecule has 202 valence electrons. The number of carbonyl (C=O) groups is 1. The highest BCUT2D eigenvalue weighted by Gasteiger charge is 2.17. The number of rotatable bonds is 12. The molecule has 0 bridgehead atoms. The first kappa shape index (κ1) is 29.5. The second-order valence-corrected chi connectivity index (χ2v) is 9.13. The van der Waals surface area contributed by atoms with E-state index in [1.165, 1.54) is 12.2 Å². The van der Waals surface area contributed by atoms with Crippen molar-refractivity contribution in [2.75, 3.05) is 66.1 Å². The number of ether oxygens (including phenoxy) is 1. The number of nitrogens with zero attached hydrogens (tertiary/aromatic N) is 4. The van der Waals surface area contributed by atoms with Crippen molar-refractivity contribution in [1.29, 1.82) is 0 Å². The van der Waals surface area contributed by atoms with Gasteiger partial charge in [-0.05, 0) is 45.5 Å². The fourth-order valence-electron chi connectivity index (χ4n) is 3.91. The number of amides is 1. The molecule has 1 atom stereocenters. The number of carbonyl (C=O) groups excluding carboxylic acids is 1. The van der Waals surface area contributed by atoms with Crippen molar-refractivity contribution < 1.29 is 13.9 Å². The van der Waals surface area contributed by atoms with Crippen LogP contribution in [0.2, 0.25) is 0 Å². The lowest BCUT2D eigenvalue weighted by Gasteiger charge is -2.34. The molecule has 0 aromatic heterocycles. The topological polar surface area (TPSA) is 84.5 Å². The van der Waals surface area contributed by atoms with Crippen LogP contribution in [0.3, 0.4) is 0 Å². The predicted octanol–water partition coefficient (Wildman–Crippen LogP) is 1.80. The summed E-state index contributed by atoms with van der Waals surface area (Å²) in [6.07, 6.45) is 9.41. The van der Waals surface area contributed by atoms with Crippen LogP contribution in [0.4, 0.5) is 4.39 Å². The molecule has 0 aliphatic carbocycles. The van der Waals surface area contributed by atoms with Gasteiger partial charge < -0.3 is 30.5 Å². The van der Waals surface area contributed by atoms with Crippen LogP contribution in [-0.2, 0) is 9.53 Å². The van der Waals surface area contributed by atoms with Crippen LogP contribution in [0.1, 0.15) is 27.7 Å². The zero-order valence-corrected chi connectivity index (χ0v) is 22.5. The van der Waals surface area contributed by atoms with Crippen LogP contribution < -0.4 is 16.0 Å². The zero-order valence-electron chi connectivity index (χ0n) is 22.5. The van der Waals surface area contributed by atoms with Gasteiger partial charge in [0.2, 0.25) is 0 Å². The average molecular weight is 506 g/mol. The number of aliphatic imine (C=N–C) groups is 1. The molecule has 0 radical (unpaired) electrons. The maximum atomic E-state index is 14.1. The third kappa shape index (κ3) is 11.4. The Kier molecular flexibility index (Phi) is 13.2. The number of nitrogens with one attached hydrogen (secondary N) is 3. The van der Waals surface area contributed by atoms with E-state index in [0.717, 1.165) is 39.3 Å². The quantitative estimate of drug-likeness (QED) is 0.349. The van der Waals surface area contributed by atoms with E-state index < -0.39 is 0 Å². The van der Waals surface area contributed by atoms with E-state index in [-0.39, 0.29) is 23.9 Å². The van der Waals surface area contributed by atoms with Crippen LogP contribution >= 0.6 is 0 Å². The molecule has 1 amide bonds. The number of hydrogen-bond donors (Lipinski definition) is 3. The van der Waals surface area contributed by atoms with E-state index in [4.69, 9.17) is 4.74 Å². The maximum Gasteiger partial charge on any atom is 0.267 e. The van der Waals surface area contributed by atoms with Crippen molar-refractivity contribution in [2.45, 2.75) is 39.9 Å². The first-order valence-electron chi connectivity index (χ1n) is 12.8. The van der Waals surface area contributed by atoms with Gasteiger partial charge in [0.05, 0.1) is 12.2 Å². The molecule has 0 aromatic rings. The molecule has 10 heteroatoms. The van der Waals surface area contributed by atoms with E-state index in [0.29, 0.717) is 31.3 Å². The maximum absolute atomic E-state index is 14.1. The minimum Gasteiger partial charge on any atom is -0.372 e. The second kappa shape index (κ2) is 16.1. The number of allylic oxidation sites excluding steroid dienone is 3. The third-order valence-corrected chi connectivity index (χ3v) is 5.83. The third-order valence-electron chi connectivity index (χ3n) is 5.83. The van der Waals surface area contributed by atoms with Gasteiger partial charge in [0.15, 0.2) is 0 Å². The normalized spacial score (nSPS) is 22.2. The standard InChI is InChI=1S/C26H44FN7O2/c1-6-33-14-16-34(17-15-33)13-12-30-26(35)24-9-11-28-20-31-25(19-32(24)5)29-10-7-8-23(27)18-22(4)36-21(2)3/h7-9,11,18-19,21-22,29,31H,6,10,12-17,20H2,1-5H3,(H,30,35)/b8-7-,23-18+,24-9-,25-19+,28-11?. The molecule has 2 rings (SSSR count). The molecular weight excluding hydrogens is 461 g/mol. The largest absolute Gasteiger partial charge is 0.372 e. The first-order chi connectivity index (χ1) is 17.3. The Labute approximate surface area is 215 Å². The highest BCUT2D eigenvalue weighted by atomic mass is 19.1. The number of likely N-dealkylation sites (N-methyl/N-ethyl adjacent to an activating group) is 2. The molecule has 1 saturated heterocycles. The van der Waals surface area contributed by atoms with Gasteiger partial charge in [-0.15, -0.1) is 0 Å². The fraction of sp³-hybridized carbons (Fsp3) is 0.615. The Balaban J connectivity index is 1.85. The van der Waals surface area contributed by atoms with Crippen LogP contribution in [-0.4, -0.2) is 105 Å². The van der Waals surface area contributed by atoms with Crippen LogP contribution in [0.15, 0.2) is 52.8 Å². The van der Waals surface area contributed by atoms with E-state index in [1.54, 1.807) is 29.5 Å². The summed E-state index contributed by atoms with van der Waals surface area (Å²) in [7, 11) is 1.81. The smallest absolute Gasteiger partial charge is 0.267 e. The summed E-state index contributed by atoms with van der Waals surface area (Å²) in [6, 6.07) is 0. The molecule has 36 heavy (non-hydrogen) atoms. The molecule has 2 heterocycles. The highest BCUT2D eigenvalue weighted by molar-refractivity contribution is 5.96. The minimum atomic E-state index is -0.350. The summed E-state index contributed by atoms with van der Waals surface area (Å²) in [5, 5.41) is 9.38. The van der Waals surface area contributed by atoms with Crippen molar-refractivity contribution in [2.24, 2.45) is 4.99 Å². The molecule has 1 fully saturated rings. The summed E-state index contributed by atoms with van der Waals surface area (Å²) in [6.45, 7) is 15.3. The average Bonchev–Trinajstić information content (AvgIpc) is 2.91. The van der Waals surface area contributed by atoms with E-state index in [9.17, 15) is 9.18 Å². The molecule has 1 unspecified atom stereocenters. The van der Waals surface area contributed by atoms with Gasteiger partial charge in [-0.1, -0.05) is 13.0 Å². The SMILES string of the molecule is CCN1CCN(CCNC(=O)/C2=C/C=NCN/C(NC/C=C\C(F)=C/C(C)OC(C)C)=C/N2C)CC1. The summed E-state index contributed by atoms with van der Waals surface area (Å²) < 4.78 is 19.6. The van der Waals surface area contributed by atoms with E-state index >= 15 is 0 Å². The Morgan fingerprint density at radius 1 is 1.25 bits per heavy atom. The lowest BCUT2D eigenvalue weighted by atomic mass is 10.3. The molecule has 0 saturated carbocycles. The van der Waals surface area contributed by atoms with Gasteiger partial charge in [0.1, 0.15) is 24.0 Å². The van der Waals surface area contributed by atoms with Gasteiger partial charge in [-0.2, -0.15) is 0 Å². The lowest BCUT2D eigenvalue weighted by molar-refractivity contribution is -0.118. The molecule has 0 aromatic carbocycles. The fourth-order valence-corrected chi connectivity index (χ4v) is 3.91. The van der Waals surface area contributed by atoms with Crippen LogP contribution in [0.25, 0.3) is 0 Å². The van der Waals surface area contributed by atoms with Gasteiger partial charge >= 0.3 is 0 Å². The molecule has 9 nitrogen and oxygen atoms in total. The number of piperazine rings is 1. The molecule has 3 N–H and O–H groups in total. The monoisotopic (exact) mass is 505 g/mol. The zero-order chi connectivity index (χ0) is 26.3. The summed E-state index contributed by atoms with van der Waals surface area (Å²) in [5.74, 6) is 0.172. The minimum absolute atomic E-state index is 0.0403. The Hall–Kier alpha value is -2.69. The van der Waals surface area contributed by atoms with E-state index in [1.807, 2.05) is 27.8 Å². The lowest BCUT2D eigenvalue weighted by Crippen LogP contribution is -2.48. The van der Waals surface area contributed by atoms with Crippen LogP contribution in [0.5, 0.6) is 0 Å². The van der Waals surface area contributed by atoms with Gasteiger partial charge in [0.25, 0.3) is 5.91 Å². The van der Waals surface area contributed by atoms with Gasteiger partial charge in [-0.25, -0.2) is 4.39 Å². The van der Waals surface area contributed by atoms with Gasteiger partial charge in [-0.3, -0.25) is 14.7 Å². The molecular formula is C26H44FN7O2. The van der Waals surface area contributed by atoms with Crippen molar-refractivity contribution in [3.8, 4) is 0 Å². The number of halogens is 1. The summed E-state index contributed by atoms with van der Waals surface area (Å²) >= 11 is 0. The first-order valence-corrected chi connectivity index (χ1v) is 12.8. The Morgan fingerprint density at radius 3 is 2.67 bits per heavy atom. The molecule has 2 aliphatic rings. The highest BCUT2D eigenvalue weighted by Crippen LogP contribution is 2.07. The Bertz CT molecular complexity index is 830. The number of hydrogen-bond acceptors (Lipinski definition) is 8.